The Morgan fingerprint density at radius 1 is 0.828 bits per heavy atom. The SMILES string of the molecule is Fc1ccc(Cn2nnnc2C[NH+](Cc2ccc(F)cc2)Cc2ccco2)cc1. The Hall–Kier alpha value is -3.39. The van der Waals surface area contributed by atoms with Crippen LogP contribution in [0, 0.1) is 11.6 Å². The van der Waals surface area contributed by atoms with Gasteiger partial charge in [-0.25, -0.2) is 13.5 Å². The molecule has 1 atom stereocenters. The zero-order valence-corrected chi connectivity index (χ0v) is 15.6. The van der Waals surface area contributed by atoms with Gasteiger partial charge in [-0.3, -0.25) is 0 Å². The van der Waals surface area contributed by atoms with Gasteiger partial charge in [-0.2, -0.15) is 0 Å². The van der Waals surface area contributed by atoms with Gasteiger partial charge in [0.05, 0.1) is 12.8 Å². The van der Waals surface area contributed by atoms with Crippen molar-refractivity contribution in [1.29, 1.82) is 0 Å². The Morgan fingerprint density at radius 3 is 2.17 bits per heavy atom. The topological polar surface area (TPSA) is 61.2 Å². The summed E-state index contributed by atoms with van der Waals surface area (Å²) in [7, 11) is 0. The number of halogens is 2. The van der Waals surface area contributed by atoms with Crippen LogP contribution in [-0.4, -0.2) is 20.2 Å². The highest BCUT2D eigenvalue weighted by molar-refractivity contribution is 5.16. The second kappa shape index (κ2) is 8.74. The molecule has 0 aliphatic heterocycles. The number of benzene rings is 2. The van der Waals surface area contributed by atoms with Crippen molar-refractivity contribution < 1.29 is 18.1 Å². The number of quaternary nitrogens is 1. The van der Waals surface area contributed by atoms with Crippen LogP contribution in [0.3, 0.4) is 0 Å². The molecule has 0 aliphatic rings. The summed E-state index contributed by atoms with van der Waals surface area (Å²) < 4.78 is 33.6. The van der Waals surface area contributed by atoms with Gasteiger partial charge < -0.3 is 9.32 Å². The van der Waals surface area contributed by atoms with Crippen LogP contribution in [0.5, 0.6) is 0 Å². The lowest BCUT2D eigenvalue weighted by Gasteiger charge is -2.18. The van der Waals surface area contributed by atoms with E-state index in [9.17, 15) is 8.78 Å². The van der Waals surface area contributed by atoms with Crippen LogP contribution in [0.2, 0.25) is 0 Å². The van der Waals surface area contributed by atoms with E-state index in [1.807, 2.05) is 12.1 Å². The molecule has 29 heavy (non-hydrogen) atoms. The Bertz CT molecular complexity index is 1030. The molecular weight excluding hydrogens is 376 g/mol. The van der Waals surface area contributed by atoms with Crippen LogP contribution in [0.25, 0.3) is 0 Å². The number of hydrogen-bond acceptors (Lipinski definition) is 4. The van der Waals surface area contributed by atoms with E-state index in [0.717, 1.165) is 21.8 Å². The monoisotopic (exact) mass is 396 g/mol. The summed E-state index contributed by atoms with van der Waals surface area (Å²) in [4.78, 5) is 1.14. The Labute approximate surface area is 166 Å². The van der Waals surface area contributed by atoms with Crippen molar-refractivity contribution in [2.45, 2.75) is 26.2 Å². The number of nitrogens with one attached hydrogen (secondary N) is 1. The Morgan fingerprint density at radius 2 is 1.52 bits per heavy atom. The van der Waals surface area contributed by atoms with Gasteiger partial charge in [-0.1, -0.05) is 24.3 Å². The number of furan rings is 1. The molecule has 0 amide bonds. The van der Waals surface area contributed by atoms with Crippen molar-refractivity contribution >= 4 is 0 Å². The molecule has 0 saturated carbocycles. The standard InChI is InChI=1S/C21H19F2N5O/c22-18-7-3-16(4-8-18)12-27(14-20-2-1-11-29-20)15-21-24-25-26-28(21)13-17-5-9-19(23)10-6-17/h1-11H,12-15H2/p+1. The van der Waals surface area contributed by atoms with Crippen LogP contribution in [-0.2, 0) is 26.2 Å². The molecule has 0 radical (unpaired) electrons. The molecule has 0 bridgehead atoms. The van der Waals surface area contributed by atoms with Gasteiger partial charge in [0.2, 0.25) is 5.82 Å². The third-order valence-electron chi connectivity index (χ3n) is 4.63. The normalized spacial score (nSPS) is 12.2. The fraction of sp³-hybridized carbons (Fsp3) is 0.190. The largest absolute Gasteiger partial charge is 0.463 e. The Kier molecular flexibility index (Phi) is 5.71. The first kappa shape index (κ1) is 18.9. The van der Waals surface area contributed by atoms with Gasteiger partial charge in [0.1, 0.15) is 31.3 Å². The van der Waals surface area contributed by atoms with E-state index in [4.69, 9.17) is 4.42 Å². The van der Waals surface area contributed by atoms with Crippen LogP contribution in [0.1, 0.15) is 22.7 Å². The van der Waals surface area contributed by atoms with E-state index in [-0.39, 0.29) is 11.6 Å². The van der Waals surface area contributed by atoms with Gasteiger partial charge in [-0.15, -0.1) is 5.10 Å². The minimum absolute atomic E-state index is 0.260. The third kappa shape index (κ3) is 5.11. The first-order valence-electron chi connectivity index (χ1n) is 9.25. The summed E-state index contributed by atoms with van der Waals surface area (Å²) in [5.74, 6) is 1.02. The molecule has 6 nitrogen and oxygen atoms in total. The first-order valence-corrected chi connectivity index (χ1v) is 9.25. The molecule has 1 N–H and O–H groups in total. The van der Waals surface area contributed by atoms with E-state index >= 15 is 0 Å². The van der Waals surface area contributed by atoms with Crippen molar-refractivity contribution in [3.05, 3.63) is 101 Å². The predicted octanol–water partition coefficient (Wildman–Crippen LogP) is 2.38. The summed E-state index contributed by atoms with van der Waals surface area (Å²) in [6, 6.07) is 16.5. The van der Waals surface area contributed by atoms with Gasteiger partial charge >= 0.3 is 0 Å². The molecule has 4 rings (SSSR count). The number of aromatic nitrogens is 4. The molecule has 148 valence electrons. The fourth-order valence-corrected chi connectivity index (χ4v) is 3.20. The quantitative estimate of drug-likeness (QED) is 0.497. The van der Waals surface area contributed by atoms with Gasteiger partial charge in [-0.05, 0) is 52.4 Å². The molecule has 8 heteroatoms. The van der Waals surface area contributed by atoms with Crippen LogP contribution < -0.4 is 4.90 Å². The molecule has 4 aromatic rings. The smallest absolute Gasteiger partial charge is 0.206 e. The molecule has 0 saturated heterocycles. The van der Waals surface area contributed by atoms with Crippen molar-refractivity contribution in [2.75, 3.05) is 0 Å². The van der Waals surface area contributed by atoms with Crippen molar-refractivity contribution in [1.82, 2.24) is 20.2 Å². The third-order valence-corrected chi connectivity index (χ3v) is 4.63. The summed E-state index contributed by atoms with van der Waals surface area (Å²) in [5, 5.41) is 12.1. The average molecular weight is 396 g/mol. The second-order valence-electron chi connectivity index (χ2n) is 6.87. The highest BCUT2D eigenvalue weighted by Gasteiger charge is 2.18. The Balaban J connectivity index is 1.51. The average Bonchev–Trinajstić information content (AvgIpc) is 3.38. The molecule has 0 aliphatic carbocycles. The molecule has 2 aromatic heterocycles. The highest BCUT2D eigenvalue weighted by atomic mass is 19.1. The van der Waals surface area contributed by atoms with Crippen molar-refractivity contribution in [3.8, 4) is 0 Å². The number of nitrogens with zero attached hydrogens (tertiary/aromatic N) is 4. The minimum Gasteiger partial charge on any atom is -0.463 e. The lowest BCUT2D eigenvalue weighted by molar-refractivity contribution is -0.942. The maximum Gasteiger partial charge on any atom is 0.206 e. The van der Waals surface area contributed by atoms with Crippen LogP contribution >= 0.6 is 0 Å². The minimum atomic E-state index is -0.279. The highest BCUT2D eigenvalue weighted by Crippen LogP contribution is 2.06. The van der Waals surface area contributed by atoms with E-state index in [1.54, 1.807) is 35.2 Å². The zero-order chi connectivity index (χ0) is 20.1. The molecular formula is C21H20F2N5O+. The van der Waals surface area contributed by atoms with Crippen molar-refractivity contribution in [2.24, 2.45) is 0 Å². The lowest BCUT2D eigenvalue weighted by Crippen LogP contribution is -3.08. The fourth-order valence-electron chi connectivity index (χ4n) is 3.20. The number of rotatable bonds is 8. The van der Waals surface area contributed by atoms with E-state index in [2.05, 4.69) is 15.5 Å². The maximum atomic E-state index is 13.2. The second-order valence-corrected chi connectivity index (χ2v) is 6.87. The predicted molar refractivity (Wildman–Crippen MR) is 101 cm³/mol. The maximum absolute atomic E-state index is 13.2. The van der Waals surface area contributed by atoms with Crippen molar-refractivity contribution in [3.63, 3.8) is 0 Å². The number of hydrogen-bond donors (Lipinski definition) is 1. The molecule has 0 fully saturated rings. The van der Waals surface area contributed by atoms with Crippen LogP contribution in [0.15, 0.2) is 71.3 Å². The van der Waals surface area contributed by atoms with Crippen LogP contribution in [0.4, 0.5) is 8.78 Å². The van der Waals surface area contributed by atoms with Gasteiger partial charge in [0.25, 0.3) is 0 Å². The summed E-state index contributed by atoms with van der Waals surface area (Å²) in [6.07, 6.45) is 1.64. The van der Waals surface area contributed by atoms with E-state index in [1.165, 1.54) is 24.3 Å². The van der Waals surface area contributed by atoms with Gasteiger partial charge in [0, 0.05) is 5.56 Å². The number of tetrazole rings is 1. The molecule has 2 aromatic carbocycles. The summed E-state index contributed by atoms with van der Waals surface area (Å²) in [6.45, 7) is 2.29. The van der Waals surface area contributed by atoms with E-state index < -0.39 is 0 Å². The molecule has 2 heterocycles. The first-order chi connectivity index (χ1) is 14.2. The van der Waals surface area contributed by atoms with E-state index in [0.29, 0.717) is 32.0 Å². The lowest BCUT2D eigenvalue weighted by atomic mass is 10.2. The molecule has 1 unspecified atom stereocenters. The molecule has 0 spiro atoms. The summed E-state index contributed by atoms with van der Waals surface area (Å²) >= 11 is 0. The summed E-state index contributed by atoms with van der Waals surface area (Å²) in [5.41, 5.74) is 1.91. The van der Waals surface area contributed by atoms with Gasteiger partial charge in [0.15, 0.2) is 5.76 Å². The zero-order valence-electron chi connectivity index (χ0n) is 15.6.